The van der Waals surface area contributed by atoms with Crippen LogP contribution in [0.3, 0.4) is 0 Å². The first-order valence-corrected chi connectivity index (χ1v) is 12.4. The molecule has 3 aromatic rings. The summed E-state index contributed by atoms with van der Waals surface area (Å²) in [6, 6.07) is 14.6. The smallest absolute Gasteiger partial charge is 0.223 e. The molecule has 0 saturated carbocycles. The van der Waals surface area contributed by atoms with Crippen molar-refractivity contribution in [3.63, 3.8) is 0 Å². The van der Waals surface area contributed by atoms with Gasteiger partial charge in [0.1, 0.15) is 18.2 Å². The van der Waals surface area contributed by atoms with Crippen molar-refractivity contribution in [3.8, 4) is 5.75 Å². The molecule has 3 rings (SSSR count). The first kappa shape index (κ1) is 24.8. The Balaban J connectivity index is 1.52. The molecule has 178 valence electrons. The lowest BCUT2D eigenvalue weighted by molar-refractivity contribution is -0.125. The summed E-state index contributed by atoms with van der Waals surface area (Å²) in [5.41, 5.74) is 4.62. The molecule has 5 nitrogen and oxygen atoms in total. The van der Waals surface area contributed by atoms with Gasteiger partial charge < -0.3 is 14.6 Å². The number of carbonyl (C=O) groups is 1. The van der Waals surface area contributed by atoms with Gasteiger partial charge in [0, 0.05) is 18.9 Å². The lowest BCUT2D eigenvalue weighted by Crippen LogP contribution is -2.30. The summed E-state index contributed by atoms with van der Waals surface area (Å²) < 4.78 is 8.40. The fourth-order valence-electron chi connectivity index (χ4n) is 4.37. The lowest BCUT2D eigenvalue weighted by Gasteiger charge is -2.13. The molecule has 1 amide bonds. The molecule has 0 spiro atoms. The van der Waals surface area contributed by atoms with Gasteiger partial charge in [0.2, 0.25) is 5.91 Å². The highest BCUT2D eigenvalue weighted by molar-refractivity contribution is 5.78. The van der Waals surface area contributed by atoms with Crippen molar-refractivity contribution >= 4 is 16.9 Å². The predicted molar refractivity (Wildman–Crippen MR) is 136 cm³/mol. The molecule has 0 bridgehead atoms. The van der Waals surface area contributed by atoms with Crippen LogP contribution in [0.4, 0.5) is 0 Å². The third-order valence-corrected chi connectivity index (χ3v) is 6.37. The van der Waals surface area contributed by atoms with E-state index in [4.69, 9.17) is 9.72 Å². The number of carbonyl (C=O) groups excluding carboxylic acids is 1. The molecule has 0 aliphatic rings. The largest absolute Gasteiger partial charge is 0.491 e. The number of imidazole rings is 1. The Bertz CT molecular complexity index is 1040. The topological polar surface area (TPSA) is 56.2 Å². The Morgan fingerprint density at radius 2 is 1.85 bits per heavy atom. The Kier molecular flexibility index (Phi) is 9.35. The maximum atomic E-state index is 12.1. The van der Waals surface area contributed by atoms with E-state index in [9.17, 15) is 4.79 Å². The van der Waals surface area contributed by atoms with Crippen LogP contribution in [0.5, 0.6) is 5.75 Å². The minimum Gasteiger partial charge on any atom is -0.491 e. The van der Waals surface area contributed by atoms with Crippen LogP contribution in [-0.2, 0) is 17.8 Å². The Morgan fingerprint density at radius 1 is 1.06 bits per heavy atom. The van der Waals surface area contributed by atoms with E-state index >= 15 is 0 Å². The number of unbranched alkanes of at least 4 members (excludes halogenated alkanes) is 2. The summed E-state index contributed by atoms with van der Waals surface area (Å²) in [6.07, 6.45) is 5.88. The molecule has 0 atom stereocenters. The number of amides is 1. The fraction of sp³-hybridized carbons (Fsp3) is 0.500. The molecule has 1 heterocycles. The number of aryl methyl sites for hydroxylation is 3. The van der Waals surface area contributed by atoms with E-state index < -0.39 is 0 Å². The Morgan fingerprint density at radius 3 is 2.61 bits per heavy atom. The number of ether oxygens (including phenoxy) is 1. The quantitative estimate of drug-likeness (QED) is 0.326. The van der Waals surface area contributed by atoms with E-state index in [2.05, 4.69) is 74.0 Å². The number of nitrogens with one attached hydrogen (secondary N) is 1. The van der Waals surface area contributed by atoms with Crippen LogP contribution in [-0.4, -0.2) is 28.6 Å². The van der Waals surface area contributed by atoms with E-state index in [1.807, 2.05) is 6.07 Å². The number of para-hydroxylation sites is 2. The number of hydrogen-bond donors (Lipinski definition) is 1. The highest BCUT2D eigenvalue weighted by Gasteiger charge is 2.13. The van der Waals surface area contributed by atoms with Gasteiger partial charge in [-0.1, -0.05) is 50.1 Å². The Hall–Kier alpha value is -2.82. The van der Waals surface area contributed by atoms with E-state index in [0.29, 0.717) is 6.61 Å². The van der Waals surface area contributed by atoms with Gasteiger partial charge in [-0.15, -0.1) is 0 Å². The molecular weight excluding hydrogens is 410 g/mol. The average Bonchev–Trinajstić information content (AvgIpc) is 3.16. The number of nitrogens with zero attached hydrogens (tertiary/aromatic N) is 2. The molecular formula is C28H39N3O2. The van der Waals surface area contributed by atoms with Crippen molar-refractivity contribution in [2.45, 2.75) is 72.8 Å². The first-order chi connectivity index (χ1) is 16.0. The van der Waals surface area contributed by atoms with E-state index in [0.717, 1.165) is 74.2 Å². The molecule has 0 saturated heterocycles. The summed E-state index contributed by atoms with van der Waals surface area (Å²) in [5, 5.41) is 3.09. The second-order valence-corrected chi connectivity index (χ2v) is 8.90. The molecule has 0 radical (unpaired) electrons. The number of fused-ring (bicyclic) bond motifs is 1. The van der Waals surface area contributed by atoms with Crippen LogP contribution >= 0.6 is 0 Å². The van der Waals surface area contributed by atoms with Crippen molar-refractivity contribution in [2.24, 2.45) is 5.92 Å². The monoisotopic (exact) mass is 449 g/mol. The predicted octanol–water partition coefficient (Wildman–Crippen LogP) is 6.00. The number of benzene rings is 2. The van der Waals surface area contributed by atoms with Crippen molar-refractivity contribution < 1.29 is 9.53 Å². The van der Waals surface area contributed by atoms with Gasteiger partial charge in [0.25, 0.3) is 0 Å². The highest BCUT2D eigenvalue weighted by atomic mass is 16.5. The second-order valence-electron chi connectivity index (χ2n) is 8.90. The van der Waals surface area contributed by atoms with Gasteiger partial charge in [-0.2, -0.15) is 0 Å². The molecule has 0 aliphatic heterocycles. The number of aromatic nitrogens is 2. The van der Waals surface area contributed by atoms with Gasteiger partial charge >= 0.3 is 0 Å². The fourth-order valence-corrected chi connectivity index (χ4v) is 4.37. The average molecular weight is 450 g/mol. The van der Waals surface area contributed by atoms with E-state index in [1.165, 1.54) is 11.1 Å². The van der Waals surface area contributed by atoms with Crippen LogP contribution < -0.4 is 10.1 Å². The van der Waals surface area contributed by atoms with Crippen LogP contribution in [0.2, 0.25) is 0 Å². The van der Waals surface area contributed by atoms with Gasteiger partial charge in [-0.05, 0) is 63.3 Å². The molecule has 5 heteroatoms. The minimum absolute atomic E-state index is 0.149. The standard InChI is InChI=1S/C28H39N3O2/c1-5-23(6-2)28(32)29-17-11-7-8-14-27-30-24-12-9-10-13-25(24)31(27)18-19-33-26-16-15-21(3)20-22(26)4/h9-10,12-13,15-16,20,23H,5-8,11,14,17-19H2,1-4H3,(H,29,32). The molecule has 2 aromatic carbocycles. The molecule has 0 fully saturated rings. The highest BCUT2D eigenvalue weighted by Crippen LogP contribution is 2.21. The summed E-state index contributed by atoms with van der Waals surface area (Å²) in [5.74, 6) is 2.41. The van der Waals surface area contributed by atoms with Crippen LogP contribution in [0.15, 0.2) is 42.5 Å². The maximum absolute atomic E-state index is 12.1. The zero-order chi connectivity index (χ0) is 23.6. The third-order valence-electron chi connectivity index (χ3n) is 6.37. The molecule has 0 unspecified atom stereocenters. The summed E-state index contributed by atoms with van der Waals surface area (Å²) in [4.78, 5) is 17.0. The first-order valence-electron chi connectivity index (χ1n) is 12.4. The van der Waals surface area contributed by atoms with E-state index in [1.54, 1.807) is 0 Å². The maximum Gasteiger partial charge on any atom is 0.223 e. The van der Waals surface area contributed by atoms with Crippen molar-refractivity contribution in [1.82, 2.24) is 14.9 Å². The third kappa shape index (κ3) is 6.83. The lowest BCUT2D eigenvalue weighted by atomic mass is 10.0. The zero-order valence-corrected chi connectivity index (χ0v) is 20.7. The molecule has 33 heavy (non-hydrogen) atoms. The molecule has 0 aliphatic carbocycles. The van der Waals surface area contributed by atoms with Gasteiger partial charge in [0.05, 0.1) is 17.6 Å². The summed E-state index contributed by atoms with van der Waals surface area (Å²) >= 11 is 0. The van der Waals surface area contributed by atoms with Crippen LogP contribution in [0.25, 0.3) is 11.0 Å². The van der Waals surface area contributed by atoms with Crippen LogP contribution in [0.1, 0.15) is 62.9 Å². The van der Waals surface area contributed by atoms with E-state index in [-0.39, 0.29) is 11.8 Å². The second kappa shape index (κ2) is 12.4. The van der Waals surface area contributed by atoms with Crippen molar-refractivity contribution in [3.05, 3.63) is 59.4 Å². The van der Waals surface area contributed by atoms with Gasteiger partial charge in [0.15, 0.2) is 0 Å². The number of hydrogen-bond acceptors (Lipinski definition) is 3. The van der Waals surface area contributed by atoms with Crippen molar-refractivity contribution in [1.29, 1.82) is 0 Å². The molecule has 1 aromatic heterocycles. The van der Waals surface area contributed by atoms with Crippen molar-refractivity contribution in [2.75, 3.05) is 13.2 Å². The minimum atomic E-state index is 0.149. The summed E-state index contributed by atoms with van der Waals surface area (Å²) in [6.45, 7) is 10.5. The SMILES string of the molecule is CCC(CC)C(=O)NCCCCCc1nc2ccccc2n1CCOc1ccc(C)cc1C. The zero-order valence-electron chi connectivity index (χ0n) is 20.7. The Labute approximate surface area is 198 Å². The van der Waals surface area contributed by atoms with Gasteiger partial charge in [-0.25, -0.2) is 4.98 Å². The normalized spacial score (nSPS) is 11.3. The number of rotatable bonds is 13. The van der Waals surface area contributed by atoms with Crippen LogP contribution in [0, 0.1) is 19.8 Å². The van der Waals surface area contributed by atoms with Gasteiger partial charge in [-0.3, -0.25) is 4.79 Å². The summed E-state index contributed by atoms with van der Waals surface area (Å²) in [7, 11) is 0. The molecule has 1 N–H and O–H groups in total.